The number of aryl methyl sites for hydroxylation is 1. The summed E-state index contributed by atoms with van der Waals surface area (Å²) in [6, 6.07) is 24.3. The van der Waals surface area contributed by atoms with Gasteiger partial charge in [-0.25, -0.2) is 5.43 Å². The van der Waals surface area contributed by atoms with E-state index in [0.717, 1.165) is 22.4 Å². The van der Waals surface area contributed by atoms with Crippen LogP contribution in [0.3, 0.4) is 0 Å². The van der Waals surface area contributed by atoms with Gasteiger partial charge < -0.3 is 10.1 Å². The first-order chi connectivity index (χ1) is 14.1. The van der Waals surface area contributed by atoms with Crippen molar-refractivity contribution in [2.24, 2.45) is 5.10 Å². The Balaban J connectivity index is 1.47. The largest absolute Gasteiger partial charge is 0.489 e. The number of carbonyl (C=O) groups is 2. The van der Waals surface area contributed by atoms with E-state index < -0.39 is 11.8 Å². The lowest BCUT2D eigenvalue weighted by Crippen LogP contribution is -2.32. The van der Waals surface area contributed by atoms with Crippen molar-refractivity contribution in [1.82, 2.24) is 5.43 Å². The van der Waals surface area contributed by atoms with Crippen molar-refractivity contribution < 1.29 is 14.3 Å². The molecule has 0 bridgehead atoms. The number of hydrogen-bond donors (Lipinski definition) is 2. The van der Waals surface area contributed by atoms with Crippen molar-refractivity contribution in [3.05, 3.63) is 95.6 Å². The molecule has 3 aromatic rings. The molecule has 0 saturated heterocycles. The van der Waals surface area contributed by atoms with Crippen LogP contribution in [0.15, 0.2) is 84.0 Å². The first-order valence-corrected chi connectivity index (χ1v) is 9.08. The summed E-state index contributed by atoms with van der Waals surface area (Å²) in [5, 5.41) is 6.34. The van der Waals surface area contributed by atoms with Crippen LogP contribution < -0.4 is 15.5 Å². The van der Waals surface area contributed by atoms with Gasteiger partial charge in [0.2, 0.25) is 0 Å². The van der Waals surface area contributed by atoms with E-state index in [2.05, 4.69) is 15.8 Å². The lowest BCUT2D eigenvalue weighted by Gasteiger charge is -2.06. The average molecular weight is 387 g/mol. The third kappa shape index (κ3) is 6.32. The highest BCUT2D eigenvalue weighted by molar-refractivity contribution is 6.39. The molecule has 0 aliphatic heterocycles. The second-order valence-corrected chi connectivity index (χ2v) is 6.37. The molecule has 0 spiro atoms. The van der Waals surface area contributed by atoms with Gasteiger partial charge >= 0.3 is 11.8 Å². The molecule has 6 nitrogen and oxygen atoms in total. The molecule has 0 aromatic heterocycles. The predicted molar refractivity (Wildman–Crippen MR) is 113 cm³/mol. The molecule has 2 amide bonds. The van der Waals surface area contributed by atoms with Crippen molar-refractivity contribution in [1.29, 1.82) is 0 Å². The number of hydrazone groups is 1. The Kier molecular flexibility index (Phi) is 6.73. The Labute approximate surface area is 169 Å². The number of benzene rings is 3. The van der Waals surface area contributed by atoms with Gasteiger partial charge in [0.15, 0.2) is 0 Å². The first-order valence-electron chi connectivity index (χ1n) is 9.08. The summed E-state index contributed by atoms with van der Waals surface area (Å²) in [4.78, 5) is 23.7. The van der Waals surface area contributed by atoms with Crippen LogP contribution in [-0.4, -0.2) is 18.0 Å². The van der Waals surface area contributed by atoms with Crippen LogP contribution in [0.4, 0.5) is 5.69 Å². The van der Waals surface area contributed by atoms with Crippen LogP contribution in [0.2, 0.25) is 0 Å². The summed E-state index contributed by atoms with van der Waals surface area (Å²) in [6.45, 7) is 2.39. The zero-order valence-electron chi connectivity index (χ0n) is 16.0. The Hall–Kier alpha value is -3.93. The van der Waals surface area contributed by atoms with Gasteiger partial charge in [0.25, 0.3) is 0 Å². The van der Waals surface area contributed by atoms with Crippen molar-refractivity contribution in [2.45, 2.75) is 13.5 Å². The number of hydrogen-bond acceptors (Lipinski definition) is 4. The first kappa shape index (κ1) is 19.8. The number of amides is 2. The highest BCUT2D eigenvalue weighted by atomic mass is 16.5. The zero-order chi connectivity index (χ0) is 20.5. The molecule has 0 aliphatic rings. The quantitative estimate of drug-likeness (QED) is 0.385. The van der Waals surface area contributed by atoms with Gasteiger partial charge in [0, 0.05) is 5.69 Å². The van der Waals surface area contributed by atoms with E-state index in [9.17, 15) is 9.59 Å². The lowest BCUT2D eigenvalue weighted by atomic mass is 10.2. The summed E-state index contributed by atoms with van der Waals surface area (Å²) >= 11 is 0. The van der Waals surface area contributed by atoms with Gasteiger partial charge in [-0.15, -0.1) is 0 Å². The van der Waals surface area contributed by atoms with Crippen LogP contribution in [0, 0.1) is 6.92 Å². The van der Waals surface area contributed by atoms with Crippen LogP contribution >= 0.6 is 0 Å². The highest BCUT2D eigenvalue weighted by Gasteiger charge is 2.12. The van der Waals surface area contributed by atoms with Gasteiger partial charge in [0.05, 0.1) is 6.21 Å². The summed E-state index contributed by atoms with van der Waals surface area (Å²) in [5.41, 5.74) is 5.60. The van der Waals surface area contributed by atoms with Gasteiger partial charge in [-0.3, -0.25) is 9.59 Å². The average Bonchev–Trinajstić information content (AvgIpc) is 2.74. The van der Waals surface area contributed by atoms with Crippen molar-refractivity contribution in [3.63, 3.8) is 0 Å². The topological polar surface area (TPSA) is 79.8 Å². The molecule has 0 heterocycles. The molecule has 29 heavy (non-hydrogen) atoms. The van der Waals surface area contributed by atoms with E-state index in [-0.39, 0.29) is 0 Å². The normalized spacial score (nSPS) is 10.5. The van der Waals surface area contributed by atoms with E-state index in [1.165, 1.54) is 6.21 Å². The molecule has 0 radical (unpaired) electrons. The molecule has 0 fully saturated rings. The monoisotopic (exact) mass is 387 g/mol. The number of carbonyl (C=O) groups excluding carboxylic acids is 2. The summed E-state index contributed by atoms with van der Waals surface area (Å²) < 4.78 is 5.72. The maximum absolute atomic E-state index is 11.9. The number of nitrogens with one attached hydrogen (secondary N) is 2. The molecule has 0 saturated carbocycles. The van der Waals surface area contributed by atoms with E-state index in [1.54, 1.807) is 18.2 Å². The molecule has 2 N–H and O–H groups in total. The molecule has 6 heteroatoms. The second-order valence-electron chi connectivity index (χ2n) is 6.37. The van der Waals surface area contributed by atoms with E-state index in [4.69, 9.17) is 4.74 Å². The van der Waals surface area contributed by atoms with E-state index in [0.29, 0.717) is 12.3 Å². The minimum atomic E-state index is -0.842. The minimum Gasteiger partial charge on any atom is -0.489 e. The van der Waals surface area contributed by atoms with Crippen LogP contribution in [0.25, 0.3) is 0 Å². The minimum absolute atomic E-state index is 0.486. The lowest BCUT2D eigenvalue weighted by molar-refractivity contribution is -0.136. The summed E-state index contributed by atoms with van der Waals surface area (Å²) in [5.74, 6) is -0.893. The van der Waals surface area contributed by atoms with Crippen molar-refractivity contribution in [2.75, 3.05) is 5.32 Å². The van der Waals surface area contributed by atoms with Crippen LogP contribution in [0.5, 0.6) is 5.75 Å². The number of rotatable bonds is 6. The molecule has 0 atom stereocenters. The predicted octanol–water partition coefficient (Wildman–Crippen LogP) is 3.66. The third-order valence-corrected chi connectivity index (χ3v) is 3.99. The Morgan fingerprint density at radius 2 is 1.69 bits per heavy atom. The molecule has 0 unspecified atom stereocenters. The fourth-order valence-electron chi connectivity index (χ4n) is 2.52. The van der Waals surface area contributed by atoms with Crippen molar-refractivity contribution >= 4 is 23.7 Å². The molecule has 146 valence electrons. The Morgan fingerprint density at radius 1 is 0.931 bits per heavy atom. The third-order valence-electron chi connectivity index (χ3n) is 3.99. The fraction of sp³-hybridized carbons (Fsp3) is 0.0870. The molecule has 3 aromatic carbocycles. The maximum atomic E-state index is 11.9. The zero-order valence-corrected chi connectivity index (χ0v) is 16.0. The molecule has 0 aliphatic carbocycles. The van der Waals surface area contributed by atoms with Gasteiger partial charge in [0.1, 0.15) is 12.4 Å². The van der Waals surface area contributed by atoms with Gasteiger partial charge in [-0.05, 0) is 60.0 Å². The Morgan fingerprint density at radius 3 is 2.41 bits per heavy atom. The second kappa shape index (κ2) is 9.85. The highest BCUT2D eigenvalue weighted by Crippen LogP contribution is 2.13. The molecule has 3 rings (SSSR count). The summed E-state index contributed by atoms with van der Waals surface area (Å²) in [7, 11) is 0. The molecular formula is C23H21N3O3. The van der Waals surface area contributed by atoms with E-state index >= 15 is 0 Å². The number of ether oxygens (including phenoxy) is 1. The van der Waals surface area contributed by atoms with Crippen LogP contribution in [0.1, 0.15) is 16.7 Å². The standard InChI is InChI=1S/C23H21N3O3/c1-17-6-5-9-20(14-17)25-22(27)23(28)26-24-15-18-10-12-21(13-11-18)29-16-19-7-3-2-4-8-19/h2-15H,16H2,1H3,(H,25,27)(H,26,28). The maximum Gasteiger partial charge on any atom is 0.329 e. The Bertz CT molecular complexity index is 999. The molecular weight excluding hydrogens is 366 g/mol. The van der Waals surface area contributed by atoms with Crippen LogP contribution in [-0.2, 0) is 16.2 Å². The summed E-state index contributed by atoms with van der Waals surface area (Å²) in [6.07, 6.45) is 1.46. The number of nitrogens with zero attached hydrogens (tertiary/aromatic N) is 1. The van der Waals surface area contributed by atoms with Gasteiger partial charge in [-0.1, -0.05) is 42.5 Å². The van der Waals surface area contributed by atoms with Crippen molar-refractivity contribution in [3.8, 4) is 5.75 Å². The van der Waals surface area contributed by atoms with Gasteiger partial charge in [-0.2, -0.15) is 5.10 Å². The SMILES string of the molecule is Cc1cccc(NC(=O)C(=O)NN=Cc2ccc(OCc3ccccc3)cc2)c1. The van der Waals surface area contributed by atoms with E-state index in [1.807, 2.05) is 67.6 Å². The smallest absolute Gasteiger partial charge is 0.329 e. The fourth-order valence-corrected chi connectivity index (χ4v) is 2.52. The number of anilines is 1.